The molecule has 33 heavy (non-hydrogen) atoms. The second-order valence-corrected chi connectivity index (χ2v) is 8.71. The third-order valence-electron chi connectivity index (χ3n) is 5.49. The Bertz CT molecular complexity index is 1150. The van der Waals surface area contributed by atoms with Gasteiger partial charge in [-0.3, -0.25) is 4.90 Å². The molecule has 2 aliphatic rings. The second kappa shape index (κ2) is 9.35. The molecular formula is C23H27ClFN7O. The van der Waals surface area contributed by atoms with Gasteiger partial charge in [0, 0.05) is 37.6 Å². The Labute approximate surface area is 197 Å². The molecule has 1 N–H and O–H groups in total. The quantitative estimate of drug-likeness (QED) is 0.575. The molecule has 1 aliphatic heterocycles. The molecule has 8 nitrogen and oxygen atoms in total. The van der Waals surface area contributed by atoms with E-state index in [0.717, 1.165) is 18.5 Å². The first-order valence-corrected chi connectivity index (χ1v) is 11.4. The van der Waals surface area contributed by atoms with Crippen LogP contribution in [-0.4, -0.2) is 50.6 Å². The molecule has 1 saturated heterocycles. The van der Waals surface area contributed by atoms with Gasteiger partial charge in [-0.1, -0.05) is 31.9 Å². The van der Waals surface area contributed by atoms with Crippen LogP contribution >= 0.6 is 11.6 Å². The van der Waals surface area contributed by atoms with Gasteiger partial charge in [0.25, 0.3) is 0 Å². The molecule has 0 radical (unpaired) electrons. The third kappa shape index (κ3) is 4.78. The number of hydrogen-bond donors (Lipinski definition) is 1. The van der Waals surface area contributed by atoms with Crippen molar-refractivity contribution in [1.82, 2.24) is 24.4 Å². The Balaban J connectivity index is 0.000000821. The summed E-state index contributed by atoms with van der Waals surface area (Å²) in [4.78, 5) is 28.8. The largest absolute Gasteiger partial charge is 0.343 e. The average Bonchev–Trinajstić information content (AvgIpc) is 3.25. The minimum atomic E-state index is -0.412. The molecule has 3 heterocycles. The zero-order valence-electron chi connectivity index (χ0n) is 18.9. The lowest BCUT2D eigenvalue weighted by atomic mass is 10.2. The molecule has 5 rings (SSSR count). The summed E-state index contributed by atoms with van der Waals surface area (Å²) in [5.74, 6) is 0.609. The summed E-state index contributed by atoms with van der Waals surface area (Å²) >= 11 is 6.01. The lowest BCUT2D eigenvalue weighted by molar-refractivity contribution is 0.229. The topological polar surface area (TPSA) is 79.2 Å². The molecule has 0 bridgehead atoms. The van der Waals surface area contributed by atoms with Gasteiger partial charge in [-0.2, -0.15) is 4.98 Å². The van der Waals surface area contributed by atoms with E-state index in [1.807, 2.05) is 0 Å². The highest BCUT2D eigenvalue weighted by atomic mass is 35.5. The van der Waals surface area contributed by atoms with Gasteiger partial charge in [0.2, 0.25) is 5.95 Å². The van der Waals surface area contributed by atoms with E-state index in [2.05, 4.69) is 34.1 Å². The fourth-order valence-corrected chi connectivity index (χ4v) is 3.76. The van der Waals surface area contributed by atoms with E-state index in [1.54, 1.807) is 52.3 Å². The molecule has 174 valence electrons. The molecule has 10 heteroatoms. The van der Waals surface area contributed by atoms with E-state index >= 15 is 0 Å². The molecule has 0 atom stereocenters. The van der Waals surface area contributed by atoms with Gasteiger partial charge < -0.3 is 14.8 Å². The first-order valence-electron chi connectivity index (χ1n) is 11.0. The average molecular weight is 472 g/mol. The van der Waals surface area contributed by atoms with Crippen molar-refractivity contribution in [2.75, 3.05) is 30.4 Å². The summed E-state index contributed by atoms with van der Waals surface area (Å²) in [5, 5.41) is 3.81. The third-order valence-corrected chi connectivity index (χ3v) is 5.73. The number of urea groups is 1. The summed E-state index contributed by atoms with van der Waals surface area (Å²) < 4.78 is 15.8. The minimum Gasteiger partial charge on any atom is -0.343 e. The van der Waals surface area contributed by atoms with E-state index < -0.39 is 5.54 Å². The molecule has 3 aromatic rings. The predicted molar refractivity (Wildman–Crippen MR) is 126 cm³/mol. The van der Waals surface area contributed by atoms with Crippen LogP contribution in [0.3, 0.4) is 0 Å². The SMILES string of the molecule is CCC.CN1CCN(c2ccnc(NC3(c4cn(-c5cc(Cl)ccc5F)cn4)CC3)n2)C1=O. The highest BCUT2D eigenvalue weighted by Gasteiger charge is 2.47. The van der Waals surface area contributed by atoms with Gasteiger partial charge in [-0.25, -0.2) is 19.2 Å². The molecule has 2 aromatic heterocycles. The molecule has 0 spiro atoms. The minimum absolute atomic E-state index is 0.0805. The van der Waals surface area contributed by atoms with Crippen molar-refractivity contribution in [3.05, 3.63) is 59.5 Å². The maximum absolute atomic E-state index is 14.2. The van der Waals surface area contributed by atoms with Crippen molar-refractivity contribution in [2.45, 2.75) is 38.6 Å². The second-order valence-electron chi connectivity index (χ2n) is 8.27. The van der Waals surface area contributed by atoms with Gasteiger partial charge in [0.1, 0.15) is 11.6 Å². The van der Waals surface area contributed by atoms with Gasteiger partial charge in [0.15, 0.2) is 0 Å². The Hall–Kier alpha value is -3.20. The number of anilines is 2. The van der Waals surface area contributed by atoms with Crippen molar-refractivity contribution in [1.29, 1.82) is 0 Å². The Kier molecular flexibility index (Phi) is 6.51. The van der Waals surface area contributed by atoms with Gasteiger partial charge in [-0.05, 0) is 37.1 Å². The Morgan fingerprint density at radius 1 is 1.18 bits per heavy atom. The molecule has 1 aromatic carbocycles. The zero-order chi connectivity index (χ0) is 23.6. The summed E-state index contributed by atoms with van der Waals surface area (Å²) in [6, 6.07) is 6.04. The van der Waals surface area contributed by atoms with Crippen LogP contribution in [0.2, 0.25) is 5.02 Å². The monoisotopic (exact) mass is 471 g/mol. The lowest BCUT2D eigenvalue weighted by Crippen LogP contribution is -2.30. The number of nitrogens with one attached hydrogen (secondary N) is 1. The normalized spacial score (nSPS) is 16.5. The van der Waals surface area contributed by atoms with Crippen LogP contribution in [0.5, 0.6) is 0 Å². The lowest BCUT2D eigenvalue weighted by Gasteiger charge is -2.18. The number of aromatic nitrogens is 4. The number of amides is 2. The Morgan fingerprint density at radius 3 is 2.61 bits per heavy atom. The fourth-order valence-electron chi connectivity index (χ4n) is 3.59. The number of carbonyl (C=O) groups is 1. The van der Waals surface area contributed by atoms with Gasteiger partial charge in [0.05, 0.1) is 23.2 Å². The number of likely N-dealkylation sites (N-methyl/N-ethyl adjacent to an activating group) is 1. The standard InChI is InChI=1S/C20H19ClFN7O.C3H8/c1-27-8-9-29(19(27)30)17-4-7-23-18(25-17)26-20(5-6-20)16-11-28(12-24-16)15-10-13(21)2-3-14(15)22;1-3-2/h2-4,7,10-12H,5-6,8-9H2,1H3,(H,23,25,26);3H2,1-2H3. The van der Waals surface area contributed by atoms with Crippen LogP contribution in [0.4, 0.5) is 21.0 Å². The highest BCUT2D eigenvalue weighted by Crippen LogP contribution is 2.47. The summed E-state index contributed by atoms with van der Waals surface area (Å²) in [7, 11) is 1.76. The molecule has 2 amide bonds. The number of imidazole rings is 1. The summed E-state index contributed by atoms with van der Waals surface area (Å²) in [6.07, 6.45) is 7.94. The molecular weight excluding hydrogens is 445 g/mol. The number of carbonyl (C=O) groups excluding carboxylic acids is 1. The van der Waals surface area contributed by atoms with Crippen LogP contribution in [0.25, 0.3) is 5.69 Å². The maximum Gasteiger partial charge on any atom is 0.325 e. The Morgan fingerprint density at radius 2 is 1.94 bits per heavy atom. The zero-order valence-corrected chi connectivity index (χ0v) is 19.7. The van der Waals surface area contributed by atoms with E-state index in [-0.39, 0.29) is 11.8 Å². The van der Waals surface area contributed by atoms with Crippen molar-refractivity contribution >= 4 is 29.4 Å². The van der Waals surface area contributed by atoms with Crippen LogP contribution in [0.1, 0.15) is 38.8 Å². The number of nitrogens with zero attached hydrogens (tertiary/aromatic N) is 6. The summed E-state index contributed by atoms with van der Waals surface area (Å²) in [5.41, 5.74) is 0.699. The van der Waals surface area contributed by atoms with E-state index in [1.165, 1.54) is 18.6 Å². The van der Waals surface area contributed by atoms with Crippen LogP contribution in [0.15, 0.2) is 43.0 Å². The number of halogens is 2. The first kappa shape index (κ1) is 23.0. The van der Waals surface area contributed by atoms with Crippen LogP contribution in [0, 0.1) is 5.82 Å². The molecule has 1 aliphatic carbocycles. The van der Waals surface area contributed by atoms with Gasteiger partial charge >= 0.3 is 6.03 Å². The van der Waals surface area contributed by atoms with E-state index in [0.29, 0.717) is 35.6 Å². The number of hydrogen-bond acceptors (Lipinski definition) is 5. The molecule has 1 saturated carbocycles. The first-order chi connectivity index (χ1) is 15.9. The van der Waals surface area contributed by atoms with Crippen molar-refractivity contribution in [3.63, 3.8) is 0 Å². The van der Waals surface area contributed by atoms with Crippen LogP contribution < -0.4 is 10.2 Å². The van der Waals surface area contributed by atoms with E-state index in [9.17, 15) is 9.18 Å². The number of rotatable bonds is 5. The van der Waals surface area contributed by atoms with Crippen LogP contribution in [-0.2, 0) is 5.54 Å². The molecule has 2 fully saturated rings. The maximum atomic E-state index is 14.2. The van der Waals surface area contributed by atoms with E-state index in [4.69, 9.17) is 11.6 Å². The smallest absolute Gasteiger partial charge is 0.325 e. The molecule has 0 unspecified atom stereocenters. The highest BCUT2D eigenvalue weighted by molar-refractivity contribution is 6.30. The van der Waals surface area contributed by atoms with Gasteiger partial charge in [-0.15, -0.1) is 0 Å². The summed E-state index contributed by atoms with van der Waals surface area (Å²) in [6.45, 7) is 5.50. The van der Waals surface area contributed by atoms with Crippen molar-refractivity contribution < 1.29 is 9.18 Å². The van der Waals surface area contributed by atoms with Crippen molar-refractivity contribution in [2.24, 2.45) is 0 Å². The fraction of sp³-hybridized carbons (Fsp3) is 0.391. The number of benzene rings is 1. The predicted octanol–water partition coefficient (Wildman–Crippen LogP) is 4.84. The van der Waals surface area contributed by atoms with Crippen molar-refractivity contribution in [3.8, 4) is 5.69 Å².